The molecule has 1 aromatic rings. The third-order valence-electron chi connectivity index (χ3n) is 5.90. The zero-order valence-electron chi connectivity index (χ0n) is 22.3. The minimum absolute atomic E-state index is 0.0948. The van der Waals surface area contributed by atoms with Gasteiger partial charge in [0.05, 0.1) is 18.7 Å². The molecule has 0 aromatic heterocycles. The van der Waals surface area contributed by atoms with E-state index < -0.39 is 26.5 Å². The van der Waals surface area contributed by atoms with Crippen LogP contribution in [-0.2, 0) is 18.6 Å². The summed E-state index contributed by atoms with van der Waals surface area (Å²) in [4.78, 5) is 42.4. The van der Waals surface area contributed by atoms with Crippen molar-refractivity contribution in [3.8, 4) is 0 Å². The number of allylic oxidation sites excluding steroid dienone is 2. The highest BCUT2D eigenvalue weighted by Gasteiger charge is 2.22. The van der Waals surface area contributed by atoms with E-state index in [-0.39, 0.29) is 12.5 Å². The Balaban J connectivity index is 2.15. The number of ether oxygens (including phenoxy) is 1. The molecule has 0 saturated carbocycles. The quantitative estimate of drug-likeness (QED) is 0.0667. The molecule has 1 unspecified atom stereocenters. The Bertz CT molecular complexity index is 810. The molecule has 0 fully saturated rings. The average Bonchev–Trinajstić information content (AvgIpc) is 2.87. The number of nitrogens with one attached hydrogen (secondary N) is 1. The lowest BCUT2D eigenvalue weighted by molar-refractivity contribution is -0.121. The fraction of sp³-hybridized carbons (Fsp3) is 0.643. The molecule has 1 rings (SSSR count). The molecule has 9 heteroatoms. The number of benzene rings is 1. The number of phosphoric acid groups is 1. The Morgan fingerprint density at radius 3 is 2.05 bits per heavy atom. The van der Waals surface area contributed by atoms with Crippen LogP contribution in [0.4, 0.5) is 0 Å². The van der Waals surface area contributed by atoms with Crippen LogP contribution in [0, 0.1) is 0 Å². The summed E-state index contributed by atoms with van der Waals surface area (Å²) in [6, 6.07) is 8.23. The highest BCUT2D eigenvalue weighted by molar-refractivity contribution is 7.46. The van der Waals surface area contributed by atoms with Gasteiger partial charge in [0.1, 0.15) is 6.10 Å². The van der Waals surface area contributed by atoms with E-state index in [1.54, 1.807) is 30.3 Å². The van der Waals surface area contributed by atoms with Gasteiger partial charge in [-0.3, -0.25) is 9.32 Å². The average molecular weight is 540 g/mol. The number of rotatable bonds is 22. The Kier molecular flexibility index (Phi) is 18.8. The zero-order valence-corrected chi connectivity index (χ0v) is 23.2. The highest BCUT2D eigenvalue weighted by Crippen LogP contribution is 2.35. The molecule has 0 saturated heterocycles. The molecule has 0 spiro atoms. The summed E-state index contributed by atoms with van der Waals surface area (Å²) >= 11 is 0. The number of esters is 1. The van der Waals surface area contributed by atoms with Crippen molar-refractivity contribution in [3.05, 3.63) is 48.0 Å². The Morgan fingerprint density at radius 2 is 1.46 bits per heavy atom. The Hall–Kier alpha value is -1.99. The summed E-state index contributed by atoms with van der Waals surface area (Å²) < 4.78 is 20.8. The maximum absolute atomic E-state index is 12.3. The molecule has 0 radical (unpaired) electrons. The molecule has 3 N–H and O–H groups in total. The predicted octanol–water partition coefficient (Wildman–Crippen LogP) is 6.48. The first-order valence-electron chi connectivity index (χ1n) is 13.7. The standard InChI is InChI=1S/C28H46NO7P/c1-2-3-4-5-6-7-8-9-10-11-12-13-14-15-19-22-27(30)29-23-26(24-35-37(32,33)34)36-28(31)25-20-17-16-18-21-25/h9-10,16-18,20-21,26H,2-8,11-15,19,22-24H2,1H3,(H,29,30)(H2,32,33,34). The molecule has 1 amide bonds. The number of carbonyl (C=O) groups excluding carboxylic acids is 2. The van der Waals surface area contributed by atoms with Gasteiger partial charge >= 0.3 is 13.8 Å². The third-order valence-corrected chi connectivity index (χ3v) is 6.39. The number of unbranched alkanes of at least 4 members (excludes halogenated alkanes) is 11. The van der Waals surface area contributed by atoms with Crippen molar-refractivity contribution in [1.29, 1.82) is 0 Å². The van der Waals surface area contributed by atoms with Crippen LogP contribution in [0.25, 0.3) is 0 Å². The molecule has 210 valence electrons. The maximum Gasteiger partial charge on any atom is 0.469 e. The largest absolute Gasteiger partial charge is 0.469 e. The van der Waals surface area contributed by atoms with Gasteiger partial charge in [-0.15, -0.1) is 0 Å². The van der Waals surface area contributed by atoms with E-state index in [1.165, 1.54) is 44.9 Å². The Morgan fingerprint density at radius 1 is 0.892 bits per heavy atom. The normalized spacial score (nSPS) is 12.5. The Labute approximate surface area is 222 Å². The first-order chi connectivity index (χ1) is 17.8. The topological polar surface area (TPSA) is 122 Å². The van der Waals surface area contributed by atoms with Crippen molar-refractivity contribution in [2.75, 3.05) is 13.2 Å². The van der Waals surface area contributed by atoms with Gasteiger partial charge in [-0.2, -0.15) is 0 Å². The van der Waals surface area contributed by atoms with Crippen LogP contribution in [0.15, 0.2) is 42.5 Å². The van der Waals surface area contributed by atoms with Crippen LogP contribution in [0.1, 0.15) is 107 Å². The fourth-order valence-corrected chi connectivity index (χ4v) is 4.14. The summed E-state index contributed by atoms with van der Waals surface area (Å²) in [7, 11) is -4.74. The molecule has 0 aliphatic rings. The van der Waals surface area contributed by atoms with Crippen molar-refractivity contribution in [1.82, 2.24) is 5.32 Å². The van der Waals surface area contributed by atoms with Crippen molar-refractivity contribution < 1.29 is 33.2 Å². The van der Waals surface area contributed by atoms with Gasteiger partial charge in [-0.25, -0.2) is 9.36 Å². The molecule has 37 heavy (non-hydrogen) atoms. The van der Waals surface area contributed by atoms with Crippen LogP contribution in [0.5, 0.6) is 0 Å². The number of hydrogen-bond donors (Lipinski definition) is 3. The van der Waals surface area contributed by atoms with Crippen molar-refractivity contribution >= 4 is 19.7 Å². The van der Waals surface area contributed by atoms with Gasteiger partial charge in [0, 0.05) is 6.42 Å². The second-order valence-electron chi connectivity index (χ2n) is 9.32. The number of hydrogen-bond acceptors (Lipinski definition) is 5. The predicted molar refractivity (Wildman–Crippen MR) is 146 cm³/mol. The molecule has 0 aliphatic carbocycles. The van der Waals surface area contributed by atoms with Crippen molar-refractivity contribution in [3.63, 3.8) is 0 Å². The molecule has 0 heterocycles. The summed E-state index contributed by atoms with van der Waals surface area (Å²) in [5.41, 5.74) is 0.295. The zero-order chi connectivity index (χ0) is 27.2. The number of amides is 1. The van der Waals surface area contributed by atoms with E-state index in [0.717, 1.165) is 38.5 Å². The van der Waals surface area contributed by atoms with E-state index >= 15 is 0 Å². The number of carbonyl (C=O) groups is 2. The van der Waals surface area contributed by atoms with Crippen molar-refractivity contribution in [2.45, 2.75) is 103 Å². The number of phosphoric ester groups is 1. The third kappa shape index (κ3) is 19.7. The van der Waals surface area contributed by atoms with E-state index in [1.807, 2.05) is 0 Å². The molecule has 8 nitrogen and oxygen atoms in total. The molecule has 1 aromatic carbocycles. The highest BCUT2D eigenvalue weighted by atomic mass is 31.2. The molecule has 0 aliphatic heterocycles. The van der Waals surface area contributed by atoms with Crippen LogP contribution >= 0.6 is 7.82 Å². The fourth-order valence-electron chi connectivity index (χ4n) is 3.78. The lowest BCUT2D eigenvalue weighted by Crippen LogP contribution is -2.37. The SMILES string of the molecule is CCCCCCCCC=CCCCCCCCC(=O)NCC(COP(=O)(O)O)OC(=O)c1ccccc1. The molecular weight excluding hydrogens is 493 g/mol. The van der Waals surface area contributed by atoms with Crippen LogP contribution in [-0.4, -0.2) is 40.9 Å². The lowest BCUT2D eigenvalue weighted by atomic mass is 10.1. The first-order valence-corrected chi connectivity index (χ1v) is 15.2. The summed E-state index contributed by atoms with van der Waals surface area (Å²) in [6.07, 6.45) is 19.3. The molecule has 0 bridgehead atoms. The summed E-state index contributed by atoms with van der Waals surface area (Å²) in [5.74, 6) is -0.860. The van der Waals surface area contributed by atoms with Gasteiger partial charge in [-0.1, -0.05) is 88.6 Å². The van der Waals surface area contributed by atoms with Crippen molar-refractivity contribution in [2.24, 2.45) is 0 Å². The van der Waals surface area contributed by atoms with Crippen LogP contribution in [0.3, 0.4) is 0 Å². The summed E-state index contributed by atoms with van der Waals surface area (Å²) in [5, 5.41) is 2.67. The van der Waals surface area contributed by atoms with Gasteiger partial charge in [0.2, 0.25) is 5.91 Å². The monoisotopic (exact) mass is 539 g/mol. The van der Waals surface area contributed by atoms with E-state index in [4.69, 9.17) is 14.5 Å². The molecule has 1 atom stereocenters. The van der Waals surface area contributed by atoms with Gasteiger partial charge < -0.3 is 19.8 Å². The van der Waals surface area contributed by atoms with Crippen LogP contribution in [0.2, 0.25) is 0 Å². The first kappa shape index (κ1) is 33.0. The smallest absolute Gasteiger partial charge is 0.454 e. The van der Waals surface area contributed by atoms with Crippen LogP contribution < -0.4 is 5.32 Å². The van der Waals surface area contributed by atoms with Gasteiger partial charge in [0.25, 0.3) is 0 Å². The van der Waals surface area contributed by atoms with Gasteiger partial charge in [0.15, 0.2) is 0 Å². The maximum atomic E-state index is 12.3. The lowest BCUT2D eigenvalue weighted by Gasteiger charge is -2.19. The molecular formula is C28H46NO7P. The summed E-state index contributed by atoms with van der Waals surface area (Å²) in [6.45, 7) is 1.61. The van der Waals surface area contributed by atoms with E-state index in [9.17, 15) is 14.2 Å². The minimum Gasteiger partial charge on any atom is -0.454 e. The second-order valence-corrected chi connectivity index (χ2v) is 10.6. The minimum atomic E-state index is -4.74. The van der Waals surface area contributed by atoms with E-state index in [2.05, 4.69) is 28.9 Å². The second kappa shape index (κ2) is 21.0. The van der Waals surface area contributed by atoms with E-state index in [0.29, 0.717) is 12.0 Å². The van der Waals surface area contributed by atoms with Gasteiger partial charge in [-0.05, 0) is 44.2 Å².